The van der Waals surface area contributed by atoms with Gasteiger partial charge in [-0.1, -0.05) is 0 Å². The minimum Gasteiger partial charge on any atom is -0.359 e. The molecule has 1 aliphatic heterocycles. The molecule has 1 saturated heterocycles. The molecule has 6 heteroatoms. The molecule has 2 saturated carbocycles. The lowest BCUT2D eigenvalue weighted by atomic mass is 9.78. The number of nitrogens with zero attached hydrogens (tertiary/aromatic N) is 3. The van der Waals surface area contributed by atoms with Crippen LogP contribution in [0, 0.1) is 5.92 Å². The van der Waals surface area contributed by atoms with Crippen LogP contribution >= 0.6 is 0 Å². The summed E-state index contributed by atoms with van der Waals surface area (Å²) < 4.78 is 0. The zero-order valence-corrected chi connectivity index (χ0v) is 15.0. The van der Waals surface area contributed by atoms with Gasteiger partial charge in [0.15, 0.2) is 0 Å². The van der Waals surface area contributed by atoms with E-state index in [1.54, 1.807) is 0 Å². The maximum atomic E-state index is 5.99. The third kappa shape index (κ3) is 3.15. The summed E-state index contributed by atoms with van der Waals surface area (Å²) in [6.07, 6.45) is 4.60. The first kappa shape index (κ1) is 16.2. The number of rotatable bonds is 5. The van der Waals surface area contributed by atoms with Crippen LogP contribution < -0.4 is 21.5 Å². The average molecular weight is 330 g/mol. The molecule has 0 spiro atoms. The summed E-state index contributed by atoms with van der Waals surface area (Å²) in [5.41, 5.74) is 13.9. The summed E-state index contributed by atoms with van der Waals surface area (Å²) in [5, 5.41) is 0. The number of anilines is 1. The lowest BCUT2D eigenvalue weighted by Crippen LogP contribution is -2.37. The Morgan fingerprint density at radius 2 is 1.79 bits per heavy atom. The lowest BCUT2D eigenvalue weighted by Gasteiger charge is -2.33. The quantitative estimate of drug-likeness (QED) is 0.759. The molecule has 1 aromatic heterocycles. The van der Waals surface area contributed by atoms with Gasteiger partial charge < -0.3 is 10.6 Å². The van der Waals surface area contributed by atoms with Crippen LogP contribution in [0.2, 0.25) is 0 Å². The molecule has 2 unspecified atom stereocenters. The molecular formula is C18H30N6. The molecule has 0 bridgehead atoms. The Kier molecular flexibility index (Phi) is 4.22. The predicted octanol–water partition coefficient (Wildman–Crippen LogP) is 1.50. The van der Waals surface area contributed by atoms with Crippen LogP contribution in [-0.4, -0.2) is 41.7 Å². The van der Waals surface area contributed by atoms with Gasteiger partial charge in [-0.15, -0.1) is 0 Å². The normalized spacial score (nSPS) is 35.8. The molecule has 2 aliphatic carbocycles. The zero-order valence-electron chi connectivity index (χ0n) is 15.0. The molecule has 2 atom stereocenters. The van der Waals surface area contributed by atoms with E-state index >= 15 is 0 Å². The molecule has 4 N–H and O–H groups in total. The van der Waals surface area contributed by atoms with Crippen molar-refractivity contribution in [3.63, 3.8) is 0 Å². The topological polar surface area (TPSA) is 79.1 Å². The molecule has 24 heavy (non-hydrogen) atoms. The van der Waals surface area contributed by atoms with Gasteiger partial charge in [0.1, 0.15) is 11.6 Å². The van der Waals surface area contributed by atoms with Crippen LogP contribution in [0.15, 0.2) is 6.07 Å². The molecule has 132 valence electrons. The maximum Gasteiger partial charge on any atom is 0.134 e. The second kappa shape index (κ2) is 6.24. The summed E-state index contributed by atoms with van der Waals surface area (Å²) in [6.45, 7) is 5.48. The van der Waals surface area contributed by atoms with Crippen molar-refractivity contribution in [2.24, 2.45) is 11.7 Å². The van der Waals surface area contributed by atoms with Gasteiger partial charge >= 0.3 is 0 Å². The van der Waals surface area contributed by atoms with E-state index in [2.05, 4.69) is 42.7 Å². The van der Waals surface area contributed by atoms with E-state index in [9.17, 15) is 0 Å². The second-order valence-corrected chi connectivity index (χ2v) is 8.12. The standard InChI is InChI=1S/C18H30N6/c1-10-15(11(2)23-22-10)9-24(3)17-8-16(13-6-14(19)7-13)20-18(21-17)12-4-5-12/h8,10-15,22-23H,4-7,9,19H2,1-3H3. The van der Waals surface area contributed by atoms with E-state index in [1.165, 1.54) is 18.5 Å². The first-order valence-electron chi connectivity index (χ1n) is 9.38. The predicted molar refractivity (Wildman–Crippen MR) is 95.9 cm³/mol. The van der Waals surface area contributed by atoms with Gasteiger partial charge in [0.2, 0.25) is 0 Å². The molecule has 2 heterocycles. The van der Waals surface area contributed by atoms with Crippen LogP contribution in [0.5, 0.6) is 0 Å². The smallest absolute Gasteiger partial charge is 0.134 e. The molecule has 6 nitrogen and oxygen atoms in total. The molecule has 1 aromatic rings. The summed E-state index contributed by atoms with van der Waals surface area (Å²) in [6, 6.07) is 3.49. The van der Waals surface area contributed by atoms with Crippen molar-refractivity contribution in [3.8, 4) is 0 Å². The Balaban J connectivity index is 1.54. The summed E-state index contributed by atoms with van der Waals surface area (Å²) in [5.74, 6) is 3.81. The van der Waals surface area contributed by atoms with Crippen LogP contribution in [0.4, 0.5) is 5.82 Å². The van der Waals surface area contributed by atoms with Crippen molar-refractivity contribution in [2.45, 2.75) is 69.5 Å². The summed E-state index contributed by atoms with van der Waals surface area (Å²) in [4.78, 5) is 12.1. The van der Waals surface area contributed by atoms with Crippen LogP contribution in [0.25, 0.3) is 0 Å². The zero-order chi connectivity index (χ0) is 16.8. The third-order valence-corrected chi connectivity index (χ3v) is 5.98. The molecule has 4 rings (SSSR count). The first-order chi connectivity index (χ1) is 11.5. The highest BCUT2D eigenvalue weighted by Gasteiger charge is 2.34. The number of hydrazine groups is 1. The average Bonchev–Trinajstić information content (AvgIpc) is 3.34. The van der Waals surface area contributed by atoms with Gasteiger partial charge in [-0.2, -0.15) is 0 Å². The minimum absolute atomic E-state index is 0.354. The van der Waals surface area contributed by atoms with Crippen molar-refractivity contribution in [2.75, 3.05) is 18.5 Å². The molecule has 0 radical (unpaired) electrons. The fraction of sp³-hybridized carbons (Fsp3) is 0.778. The number of hydrogen-bond donors (Lipinski definition) is 3. The molecule has 0 amide bonds. The number of aromatic nitrogens is 2. The van der Waals surface area contributed by atoms with Crippen LogP contribution in [-0.2, 0) is 0 Å². The Bertz CT molecular complexity index is 585. The number of hydrogen-bond acceptors (Lipinski definition) is 6. The van der Waals surface area contributed by atoms with Crippen molar-refractivity contribution in [1.82, 2.24) is 20.8 Å². The van der Waals surface area contributed by atoms with E-state index < -0.39 is 0 Å². The summed E-state index contributed by atoms with van der Waals surface area (Å²) >= 11 is 0. The molecule has 3 fully saturated rings. The lowest BCUT2D eigenvalue weighted by molar-refractivity contribution is 0.344. The van der Waals surface area contributed by atoms with Gasteiger partial charge in [-0.05, 0) is 39.5 Å². The highest BCUT2D eigenvalue weighted by molar-refractivity contribution is 5.41. The maximum absolute atomic E-state index is 5.99. The van der Waals surface area contributed by atoms with Crippen molar-refractivity contribution in [1.29, 1.82) is 0 Å². The van der Waals surface area contributed by atoms with Gasteiger partial charge in [0, 0.05) is 61.2 Å². The molecule has 3 aliphatic rings. The largest absolute Gasteiger partial charge is 0.359 e. The van der Waals surface area contributed by atoms with E-state index in [0.717, 1.165) is 31.0 Å². The monoisotopic (exact) mass is 330 g/mol. The Morgan fingerprint density at radius 1 is 1.12 bits per heavy atom. The summed E-state index contributed by atoms with van der Waals surface area (Å²) in [7, 11) is 2.16. The molecular weight excluding hydrogens is 300 g/mol. The van der Waals surface area contributed by atoms with E-state index in [4.69, 9.17) is 15.7 Å². The first-order valence-corrected chi connectivity index (χ1v) is 9.38. The Hall–Kier alpha value is -1.24. The van der Waals surface area contributed by atoms with E-state index in [-0.39, 0.29) is 0 Å². The third-order valence-electron chi connectivity index (χ3n) is 5.98. The van der Waals surface area contributed by atoms with E-state index in [0.29, 0.717) is 35.9 Å². The fourth-order valence-corrected chi connectivity index (χ4v) is 3.94. The van der Waals surface area contributed by atoms with Gasteiger partial charge in [0.05, 0.1) is 0 Å². The highest BCUT2D eigenvalue weighted by Crippen LogP contribution is 2.41. The van der Waals surface area contributed by atoms with Crippen molar-refractivity contribution in [3.05, 3.63) is 17.6 Å². The van der Waals surface area contributed by atoms with E-state index in [1.807, 2.05) is 0 Å². The van der Waals surface area contributed by atoms with Crippen molar-refractivity contribution >= 4 is 5.82 Å². The Morgan fingerprint density at radius 3 is 2.38 bits per heavy atom. The van der Waals surface area contributed by atoms with Crippen LogP contribution in [0.3, 0.4) is 0 Å². The second-order valence-electron chi connectivity index (χ2n) is 8.12. The fourth-order valence-electron chi connectivity index (χ4n) is 3.94. The SMILES string of the molecule is CC1NNC(C)C1CN(C)c1cc(C2CC(N)C2)nc(C2CC2)n1. The van der Waals surface area contributed by atoms with Crippen LogP contribution in [0.1, 0.15) is 62.9 Å². The van der Waals surface area contributed by atoms with Crippen molar-refractivity contribution < 1.29 is 0 Å². The molecule has 0 aromatic carbocycles. The van der Waals surface area contributed by atoms with Gasteiger partial charge in [-0.25, -0.2) is 9.97 Å². The minimum atomic E-state index is 0.354. The van der Waals surface area contributed by atoms with Gasteiger partial charge in [0.25, 0.3) is 0 Å². The number of nitrogens with two attached hydrogens (primary N) is 1. The van der Waals surface area contributed by atoms with Gasteiger partial charge in [-0.3, -0.25) is 10.9 Å². The highest BCUT2D eigenvalue weighted by atomic mass is 15.4. The number of nitrogens with one attached hydrogen (secondary N) is 2. The Labute approximate surface area is 144 Å².